The van der Waals surface area contributed by atoms with Gasteiger partial charge in [0, 0.05) is 30.4 Å². The minimum Gasteiger partial charge on any atom is 0 e. The summed E-state index contributed by atoms with van der Waals surface area (Å²) in [5.74, 6) is 0. The third-order valence-corrected chi connectivity index (χ3v) is 19.8. The summed E-state index contributed by atoms with van der Waals surface area (Å²) < 4.78 is 50.5. The van der Waals surface area contributed by atoms with Gasteiger partial charge >= 0.3 is 220 Å². The number of nitrogens with zero attached hydrogens (tertiary/aromatic N) is 3. The third-order valence-electron chi connectivity index (χ3n) is 9.15. The maximum absolute atomic E-state index is 10.0. The van der Waals surface area contributed by atoms with E-state index in [1.165, 1.54) is 30.0 Å². The Labute approximate surface area is 319 Å². The van der Waals surface area contributed by atoms with E-state index in [0.717, 1.165) is 33.5 Å². The number of aryl methyl sites for hydroxylation is 3. The molecule has 0 amide bonds. The predicted octanol–water partition coefficient (Wildman–Crippen LogP) is 7.56. The van der Waals surface area contributed by atoms with Gasteiger partial charge in [0.25, 0.3) is 0 Å². The fourth-order valence-corrected chi connectivity index (χ4v) is 18.7. The number of hydrogen-bond acceptors (Lipinski definition) is 3. The Hall–Kier alpha value is -4.92. The predicted molar refractivity (Wildman–Crippen MR) is 203 cm³/mol. The maximum atomic E-state index is 10.0. The van der Waals surface area contributed by atoms with Gasteiger partial charge in [-0.3, -0.25) is 0 Å². The molecule has 0 N–H and O–H groups in total. The van der Waals surface area contributed by atoms with Crippen LogP contribution in [0.2, 0.25) is 0 Å². The molecular weight excluding hydrogens is 847 g/mol. The largest absolute Gasteiger partial charge is 0 e. The van der Waals surface area contributed by atoms with Gasteiger partial charge in [-0.2, -0.15) is 0 Å². The zero-order valence-corrected chi connectivity index (χ0v) is 31.9. The van der Waals surface area contributed by atoms with Crippen LogP contribution in [0.1, 0.15) is 36.0 Å². The monoisotopic (exact) mass is 890 g/mol. The molecule has 2 aromatic heterocycles. The summed E-state index contributed by atoms with van der Waals surface area (Å²) >= 11 is -3.72. The molecule has 3 heterocycles. The van der Waals surface area contributed by atoms with Crippen molar-refractivity contribution in [1.82, 2.24) is 9.97 Å². The Bertz CT molecular complexity index is 2500. The molecule has 0 aliphatic carbocycles. The van der Waals surface area contributed by atoms with E-state index in [0.29, 0.717) is 16.8 Å². The summed E-state index contributed by atoms with van der Waals surface area (Å²) in [6, 6.07) is 51.0. The van der Waals surface area contributed by atoms with Crippen LogP contribution in [0.4, 0.5) is 0 Å². The molecule has 0 bridgehead atoms. The van der Waals surface area contributed by atoms with Crippen LogP contribution in [0.15, 0.2) is 140 Å². The molecule has 1 aliphatic heterocycles. The first-order valence-corrected chi connectivity index (χ1v) is 20.2. The fourth-order valence-electron chi connectivity index (χ4n) is 6.90. The quantitative estimate of drug-likeness (QED) is 0.136. The van der Waals surface area contributed by atoms with E-state index >= 15 is 0 Å². The molecule has 1 radical (unpaired) electrons. The first kappa shape index (κ1) is 27.9. The zero-order valence-electron chi connectivity index (χ0n) is 33.5. The number of hydrogen-bond donors (Lipinski definition) is 0. The smallest absolute Gasteiger partial charge is 0 e. The molecule has 7 aromatic rings. The van der Waals surface area contributed by atoms with Gasteiger partial charge in [0.2, 0.25) is 0 Å². The molecule has 0 saturated carbocycles. The van der Waals surface area contributed by atoms with Crippen LogP contribution in [0, 0.1) is 51.0 Å². The number of fused-ring (bicyclic) bond motifs is 3. The number of pyridine rings is 2. The first-order chi connectivity index (χ1) is 26.4. The average Bonchev–Trinajstić information content (AvgIpc) is 3.51. The molecule has 50 heavy (non-hydrogen) atoms. The minimum absolute atomic E-state index is 0. The van der Waals surface area contributed by atoms with Crippen molar-refractivity contribution in [3.8, 4) is 39.7 Å². The second-order valence-electron chi connectivity index (χ2n) is 12.0. The van der Waals surface area contributed by atoms with Gasteiger partial charge < -0.3 is 4.98 Å². The second kappa shape index (κ2) is 14.9. The van der Waals surface area contributed by atoms with Crippen molar-refractivity contribution < 1.29 is 28.3 Å². The van der Waals surface area contributed by atoms with E-state index in [2.05, 4.69) is 90.8 Å². The van der Waals surface area contributed by atoms with Crippen LogP contribution in [-0.2, 0) is 20.1 Å². The number of rotatable bonds is 4. The van der Waals surface area contributed by atoms with Crippen LogP contribution in [0.3, 0.4) is 0 Å². The van der Waals surface area contributed by atoms with Gasteiger partial charge in [-0.15, -0.1) is 35.9 Å². The van der Waals surface area contributed by atoms with Crippen LogP contribution < -0.4 is 17.6 Å². The number of aromatic nitrogens is 2. The summed E-state index contributed by atoms with van der Waals surface area (Å²) in [6.45, 7) is -0.413. The van der Waals surface area contributed by atoms with E-state index in [4.69, 9.17) is 13.2 Å². The average molecular weight is 889 g/mol. The fraction of sp³-hybridized carbons (Fsp3) is 0.0889. The number of nitriles is 1. The van der Waals surface area contributed by atoms with Crippen LogP contribution in [0.25, 0.3) is 33.6 Å². The molecule has 0 saturated heterocycles. The van der Waals surface area contributed by atoms with Crippen LogP contribution in [-0.4, -0.2) is 23.2 Å². The molecule has 245 valence electrons. The molecule has 0 atom stereocenters. The van der Waals surface area contributed by atoms with Gasteiger partial charge in [-0.1, -0.05) is 12.1 Å². The Kier molecular flexibility index (Phi) is 8.31. The van der Waals surface area contributed by atoms with Gasteiger partial charge in [-0.05, 0) is 18.1 Å². The molecular formula is C45H35GeIrN3-2. The Morgan fingerprint density at radius 2 is 1.36 bits per heavy atom. The van der Waals surface area contributed by atoms with Crippen molar-refractivity contribution in [3.63, 3.8) is 0 Å². The Balaban J connectivity index is 0.000000263. The zero-order chi connectivity index (χ0) is 39.0. The summed E-state index contributed by atoms with van der Waals surface area (Å²) in [5, 5.41) is 10.0. The SMILES string of the molecule is [2H]C([2H])([2H])c1ccc(-c2[c-]cccc2)nc1.[2H]C([2H])([2H])c1cnc(-c2[c-]ccc3[c]2[Ge]([c]2ccccc2)([c]2ccccc2)[c]2c-3ccc(C#N)c2C)cc1C.[Ir]. The van der Waals surface area contributed by atoms with Crippen molar-refractivity contribution >= 4 is 30.8 Å². The minimum atomic E-state index is -3.72. The summed E-state index contributed by atoms with van der Waals surface area (Å²) in [5.41, 5.74) is 8.40. The van der Waals surface area contributed by atoms with Gasteiger partial charge in [-0.25, -0.2) is 0 Å². The van der Waals surface area contributed by atoms with E-state index in [1.54, 1.807) is 18.2 Å². The van der Waals surface area contributed by atoms with Crippen LogP contribution >= 0.6 is 0 Å². The van der Waals surface area contributed by atoms with Crippen molar-refractivity contribution in [2.45, 2.75) is 27.6 Å². The van der Waals surface area contributed by atoms with E-state index < -0.39 is 27.0 Å². The maximum Gasteiger partial charge on any atom is 0 e. The molecule has 3 nitrogen and oxygen atoms in total. The first-order valence-electron chi connectivity index (χ1n) is 19.0. The van der Waals surface area contributed by atoms with Gasteiger partial charge in [0.1, 0.15) is 0 Å². The Morgan fingerprint density at radius 1 is 0.660 bits per heavy atom. The molecule has 8 rings (SSSR count). The Morgan fingerprint density at radius 3 is 1.96 bits per heavy atom. The van der Waals surface area contributed by atoms with Crippen molar-refractivity contribution in [1.29, 1.82) is 5.26 Å². The van der Waals surface area contributed by atoms with E-state index in [-0.39, 0.29) is 31.2 Å². The molecule has 5 heteroatoms. The number of benzene rings is 5. The molecule has 0 spiro atoms. The second-order valence-corrected chi connectivity index (χ2v) is 19.7. The topological polar surface area (TPSA) is 49.6 Å². The standard InChI is InChI=1S/C33H25GeN2.C12H10N.Ir/c1-22-19-31(36-21-23(22)2)30-16-10-15-28-29-18-17-25(20-35)24(3)32(29)34(33(28)30,26-11-6-4-7-12-26)27-13-8-5-9-14-27;1-10-7-8-12(13-9-10)11-5-3-2-4-6-11;/h4-15,17-19,21H,1-3H3;2-5,7-9H,1H3;/q2*-1;/i2D3;1D3;. The van der Waals surface area contributed by atoms with E-state index in [9.17, 15) is 5.26 Å². The third kappa shape index (κ3) is 6.18. The summed E-state index contributed by atoms with van der Waals surface area (Å²) in [7, 11) is 0. The summed E-state index contributed by atoms with van der Waals surface area (Å²) in [4.78, 5) is 8.84. The normalized spacial score (nSPS) is 14.3. The molecule has 0 unspecified atom stereocenters. The van der Waals surface area contributed by atoms with Gasteiger partial charge in [0.15, 0.2) is 0 Å². The molecule has 0 fully saturated rings. The molecule has 1 aliphatic rings. The van der Waals surface area contributed by atoms with Crippen LogP contribution in [0.5, 0.6) is 0 Å². The van der Waals surface area contributed by atoms with E-state index in [1.807, 2.05) is 55.5 Å². The van der Waals surface area contributed by atoms with Crippen molar-refractivity contribution in [3.05, 3.63) is 180 Å². The summed E-state index contributed by atoms with van der Waals surface area (Å²) in [6.07, 6.45) is 2.88. The van der Waals surface area contributed by atoms with Crippen molar-refractivity contribution in [2.24, 2.45) is 0 Å². The molecule has 5 aromatic carbocycles. The van der Waals surface area contributed by atoms with Gasteiger partial charge in [0.05, 0.1) is 0 Å². The van der Waals surface area contributed by atoms with Crippen molar-refractivity contribution in [2.75, 3.05) is 0 Å².